The summed E-state index contributed by atoms with van der Waals surface area (Å²) in [5.74, 6) is 0. The molecule has 0 aliphatic carbocycles. The van der Waals surface area contributed by atoms with Gasteiger partial charge in [-0.05, 0) is 48.4 Å². The Labute approximate surface area is 140 Å². The molecular weight excluding hydrogens is 348 g/mol. The smallest absolute Gasteiger partial charge is 0.0422 e. The van der Waals surface area contributed by atoms with E-state index < -0.39 is 0 Å². The molecule has 21 heavy (non-hydrogen) atoms. The van der Waals surface area contributed by atoms with Gasteiger partial charge in [-0.2, -0.15) is 0 Å². The van der Waals surface area contributed by atoms with Crippen LogP contribution in [-0.2, 0) is 12.8 Å². The first kappa shape index (κ1) is 16.5. The largest absolute Gasteiger partial charge is 0.310 e. The summed E-state index contributed by atoms with van der Waals surface area (Å²) in [6.45, 7) is 5.16. The van der Waals surface area contributed by atoms with Crippen LogP contribution in [0.25, 0.3) is 0 Å². The standard InChI is InChI=1S/C17H20BrClN2/c1-3-12-5-6-16(21-11-12)10-17(20-4-2)13-7-14(18)9-15(19)8-13/h5-9,11,17,20H,3-4,10H2,1-2H3. The normalized spacial score (nSPS) is 12.4. The first-order valence-corrected chi connectivity index (χ1v) is 8.42. The Kier molecular flexibility index (Phi) is 6.22. The molecule has 2 rings (SSSR count). The summed E-state index contributed by atoms with van der Waals surface area (Å²) in [6.07, 6.45) is 3.84. The summed E-state index contributed by atoms with van der Waals surface area (Å²) in [7, 11) is 0. The molecule has 0 spiro atoms. The summed E-state index contributed by atoms with van der Waals surface area (Å²) >= 11 is 9.67. The van der Waals surface area contributed by atoms with Crippen molar-refractivity contribution in [3.8, 4) is 0 Å². The molecule has 1 N–H and O–H groups in total. The van der Waals surface area contributed by atoms with Crippen LogP contribution in [0.1, 0.15) is 36.7 Å². The fourth-order valence-electron chi connectivity index (χ4n) is 2.32. The molecule has 112 valence electrons. The molecule has 0 aliphatic rings. The fourth-order valence-corrected chi connectivity index (χ4v) is 3.21. The molecule has 1 aromatic heterocycles. The fraction of sp³-hybridized carbons (Fsp3) is 0.353. The summed E-state index contributed by atoms with van der Waals surface area (Å²) < 4.78 is 1.00. The predicted octanol–water partition coefficient (Wildman–Crippen LogP) is 4.95. The number of hydrogen-bond acceptors (Lipinski definition) is 2. The maximum absolute atomic E-state index is 6.16. The van der Waals surface area contributed by atoms with Gasteiger partial charge < -0.3 is 5.32 Å². The maximum Gasteiger partial charge on any atom is 0.0422 e. The zero-order chi connectivity index (χ0) is 15.2. The molecule has 1 unspecified atom stereocenters. The van der Waals surface area contributed by atoms with Gasteiger partial charge in [0.15, 0.2) is 0 Å². The molecule has 1 heterocycles. The molecule has 0 bridgehead atoms. The minimum atomic E-state index is 0.213. The van der Waals surface area contributed by atoms with Crippen molar-refractivity contribution in [3.05, 3.63) is 62.8 Å². The third-order valence-electron chi connectivity index (χ3n) is 3.45. The lowest BCUT2D eigenvalue weighted by atomic mass is 10.0. The van der Waals surface area contributed by atoms with E-state index in [1.54, 1.807) is 0 Å². The second-order valence-corrected chi connectivity index (χ2v) is 6.38. The van der Waals surface area contributed by atoms with E-state index in [-0.39, 0.29) is 6.04 Å². The third-order valence-corrected chi connectivity index (χ3v) is 4.12. The van der Waals surface area contributed by atoms with E-state index in [1.807, 2.05) is 18.3 Å². The van der Waals surface area contributed by atoms with Gasteiger partial charge in [0, 0.05) is 33.8 Å². The van der Waals surface area contributed by atoms with Crippen LogP contribution in [0, 0.1) is 0 Å². The van der Waals surface area contributed by atoms with Crippen LogP contribution >= 0.6 is 27.5 Å². The van der Waals surface area contributed by atoms with Crippen LogP contribution in [0.3, 0.4) is 0 Å². The number of halogens is 2. The topological polar surface area (TPSA) is 24.9 Å². The van der Waals surface area contributed by atoms with Crippen LogP contribution in [0.4, 0.5) is 0 Å². The SMILES string of the molecule is CCNC(Cc1ccc(CC)cn1)c1cc(Cl)cc(Br)c1. The number of nitrogens with zero attached hydrogens (tertiary/aromatic N) is 1. The quantitative estimate of drug-likeness (QED) is 0.781. The molecule has 0 saturated carbocycles. The molecular formula is C17H20BrClN2. The summed E-state index contributed by atoms with van der Waals surface area (Å²) in [5, 5.41) is 4.26. The van der Waals surface area contributed by atoms with Crippen LogP contribution in [0.15, 0.2) is 41.0 Å². The Morgan fingerprint density at radius 1 is 1.24 bits per heavy atom. The van der Waals surface area contributed by atoms with Gasteiger partial charge in [0.2, 0.25) is 0 Å². The highest BCUT2D eigenvalue weighted by Gasteiger charge is 2.13. The molecule has 4 heteroatoms. The molecule has 2 nitrogen and oxygen atoms in total. The zero-order valence-corrected chi connectivity index (χ0v) is 14.7. The van der Waals surface area contributed by atoms with Gasteiger partial charge >= 0.3 is 0 Å². The van der Waals surface area contributed by atoms with Gasteiger partial charge in [-0.1, -0.05) is 47.4 Å². The van der Waals surface area contributed by atoms with Crippen molar-refractivity contribution < 1.29 is 0 Å². The monoisotopic (exact) mass is 366 g/mol. The van der Waals surface area contributed by atoms with Crippen molar-refractivity contribution in [1.82, 2.24) is 10.3 Å². The first-order chi connectivity index (χ1) is 10.1. The zero-order valence-electron chi connectivity index (χ0n) is 12.4. The van der Waals surface area contributed by atoms with Gasteiger partial charge in [-0.3, -0.25) is 4.98 Å². The van der Waals surface area contributed by atoms with Gasteiger partial charge in [-0.25, -0.2) is 0 Å². The highest BCUT2D eigenvalue weighted by molar-refractivity contribution is 9.10. The third kappa shape index (κ3) is 4.80. The number of aryl methyl sites for hydroxylation is 1. The number of hydrogen-bond donors (Lipinski definition) is 1. The molecule has 0 aliphatic heterocycles. The van der Waals surface area contributed by atoms with E-state index in [2.05, 4.69) is 58.3 Å². The van der Waals surface area contributed by atoms with Crippen molar-refractivity contribution in [1.29, 1.82) is 0 Å². The number of rotatable bonds is 6. The second-order valence-electron chi connectivity index (χ2n) is 5.03. The summed E-state index contributed by atoms with van der Waals surface area (Å²) in [5.41, 5.74) is 3.54. The molecule has 0 fully saturated rings. The van der Waals surface area contributed by atoms with Crippen LogP contribution in [-0.4, -0.2) is 11.5 Å². The minimum Gasteiger partial charge on any atom is -0.310 e. The van der Waals surface area contributed by atoms with E-state index in [0.717, 1.165) is 34.6 Å². The highest BCUT2D eigenvalue weighted by atomic mass is 79.9. The molecule has 2 aromatic rings. The average Bonchev–Trinajstić information content (AvgIpc) is 2.46. The van der Waals surface area contributed by atoms with Gasteiger partial charge in [0.25, 0.3) is 0 Å². The molecule has 0 amide bonds. The minimum absolute atomic E-state index is 0.213. The maximum atomic E-state index is 6.16. The first-order valence-electron chi connectivity index (χ1n) is 7.25. The predicted molar refractivity (Wildman–Crippen MR) is 92.9 cm³/mol. The van der Waals surface area contributed by atoms with Crippen molar-refractivity contribution in [2.24, 2.45) is 0 Å². The van der Waals surface area contributed by atoms with Crippen LogP contribution < -0.4 is 5.32 Å². The lowest BCUT2D eigenvalue weighted by Crippen LogP contribution is -2.23. The van der Waals surface area contributed by atoms with E-state index in [1.165, 1.54) is 11.1 Å². The van der Waals surface area contributed by atoms with Crippen molar-refractivity contribution in [2.45, 2.75) is 32.7 Å². The van der Waals surface area contributed by atoms with Crippen molar-refractivity contribution in [2.75, 3.05) is 6.54 Å². The average molecular weight is 368 g/mol. The summed E-state index contributed by atoms with van der Waals surface area (Å²) in [4.78, 5) is 4.56. The molecule has 1 atom stereocenters. The van der Waals surface area contributed by atoms with E-state index >= 15 is 0 Å². The van der Waals surface area contributed by atoms with Crippen molar-refractivity contribution >= 4 is 27.5 Å². The van der Waals surface area contributed by atoms with Gasteiger partial charge in [0.1, 0.15) is 0 Å². The number of benzene rings is 1. The van der Waals surface area contributed by atoms with Gasteiger partial charge in [0.05, 0.1) is 0 Å². The molecule has 1 aromatic carbocycles. The Bertz CT molecular complexity index is 564. The summed E-state index contributed by atoms with van der Waals surface area (Å²) in [6, 6.07) is 10.5. The Hall–Kier alpha value is -0.900. The number of aromatic nitrogens is 1. The van der Waals surface area contributed by atoms with E-state index in [9.17, 15) is 0 Å². The van der Waals surface area contributed by atoms with Crippen LogP contribution in [0.5, 0.6) is 0 Å². The number of pyridine rings is 1. The van der Waals surface area contributed by atoms with Gasteiger partial charge in [-0.15, -0.1) is 0 Å². The molecule has 0 saturated heterocycles. The number of nitrogens with one attached hydrogen (secondary N) is 1. The number of likely N-dealkylation sites (N-methyl/N-ethyl adjacent to an activating group) is 1. The second kappa shape index (κ2) is 7.92. The Balaban J connectivity index is 2.21. The van der Waals surface area contributed by atoms with E-state index in [4.69, 9.17) is 11.6 Å². The van der Waals surface area contributed by atoms with E-state index in [0.29, 0.717) is 0 Å². The lowest BCUT2D eigenvalue weighted by Gasteiger charge is -2.19. The molecule has 0 radical (unpaired) electrons. The highest BCUT2D eigenvalue weighted by Crippen LogP contribution is 2.25. The Morgan fingerprint density at radius 3 is 2.62 bits per heavy atom. The lowest BCUT2D eigenvalue weighted by molar-refractivity contribution is 0.544. The van der Waals surface area contributed by atoms with Crippen molar-refractivity contribution in [3.63, 3.8) is 0 Å². The Morgan fingerprint density at radius 2 is 2.05 bits per heavy atom. The van der Waals surface area contributed by atoms with Crippen LogP contribution in [0.2, 0.25) is 5.02 Å².